The Morgan fingerprint density at radius 3 is 2.12 bits per heavy atom. The van der Waals surface area contributed by atoms with Gasteiger partial charge in [0, 0.05) is 6.42 Å². The fraction of sp³-hybridized carbons (Fsp3) is 0.500. The zero-order valence-corrected chi connectivity index (χ0v) is 15.2. The van der Waals surface area contributed by atoms with Gasteiger partial charge in [-0.3, -0.25) is 14.4 Å². The molecule has 144 valence electrons. The summed E-state index contributed by atoms with van der Waals surface area (Å²) in [6.07, 6.45) is 0.601. The molecule has 3 unspecified atom stereocenters. The first kappa shape index (κ1) is 21.4. The topological polar surface area (TPSA) is 142 Å². The lowest BCUT2D eigenvalue weighted by atomic mass is 10.0. The predicted octanol–water partition coefficient (Wildman–Crippen LogP) is 0.382. The minimum Gasteiger partial charge on any atom is -0.508 e. The molecule has 26 heavy (non-hydrogen) atoms. The van der Waals surface area contributed by atoms with Crippen molar-refractivity contribution < 1.29 is 24.6 Å². The average molecular weight is 365 g/mol. The highest BCUT2D eigenvalue weighted by Crippen LogP contribution is 2.12. The van der Waals surface area contributed by atoms with Crippen LogP contribution in [-0.4, -0.2) is 46.1 Å². The summed E-state index contributed by atoms with van der Waals surface area (Å²) in [5, 5.41) is 23.3. The number of aromatic hydroxyl groups is 1. The number of phenolic OH excluding ortho intramolecular Hbond substituents is 1. The Labute approximate surface area is 152 Å². The van der Waals surface area contributed by atoms with Crippen molar-refractivity contribution in [1.29, 1.82) is 0 Å². The van der Waals surface area contributed by atoms with Crippen molar-refractivity contribution >= 4 is 17.8 Å². The normalized spacial score (nSPS) is 14.3. The van der Waals surface area contributed by atoms with E-state index >= 15 is 0 Å². The van der Waals surface area contributed by atoms with Gasteiger partial charge in [-0.05, 0) is 37.0 Å². The van der Waals surface area contributed by atoms with E-state index in [-0.39, 0.29) is 18.1 Å². The molecule has 0 aliphatic rings. The van der Waals surface area contributed by atoms with Crippen LogP contribution in [0.5, 0.6) is 5.75 Å². The van der Waals surface area contributed by atoms with E-state index in [2.05, 4.69) is 10.6 Å². The molecule has 1 rings (SSSR count). The zero-order chi connectivity index (χ0) is 19.9. The van der Waals surface area contributed by atoms with E-state index in [9.17, 15) is 19.5 Å². The summed E-state index contributed by atoms with van der Waals surface area (Å²) in [5.74, 6) is -1.97. The van der Waals surface area contributed by atoms with Gasteiger partial charge in [0.05, 0.1) is 6.04 Å². The number of carboxylic acids is 1. The fourth-order valence-corrected chi connectivity index (χ4v) is 2.35. The molecular formula is C18H27N3O5. The Morgan fingerprint density at radius 1 is 1.04 bits per heavy atom. The lowest BCUT2D eigenvalue weighted by molar-refractivity contribution is -0.141. The van der Waals surface area contributed by atoms with Crippen molar-refractivity contribution in [1.82, 2.24) is 10.6 Å². The maximum absolute atomic E-state index is 12.4. The van der Waals surface area contributed by atoms with Crippen LogP contribution in [0.3, 0.4) is 0 Å². The molecule has 0 bridgehead atoms. The van der Waals surface area contributed by atoms with E-state index < -0.39 is 35.9 Å². The summed E-state index contributed by atoms with van der Waals surface area (Å²) in [7, 11) is 0. The maximum Gasteiger partial charge on any atom is 0.325 e. The summed E-state index contributed by atoms with van der Waals surface area (Å²) < 4.78 is 0. The zero-order valence-electron chi connectivity index (χ0n) is 15.2. The molecule has 0 heterocycles. The first-order valence-corrected chi connectivity index (χ1v) is 8.47. The molecule has 1 aromatic carbocycles. The predicted molar refractivity (Wildman–Crippen MR) is 96.4 cm³/mol. The SMILES string of the molecule is CC(C)CC(N)C(=O)NC(Cc1ccc(O)cc1)C(=O)NC(C)C(=O)O. The third-order valence-corrected chi connectivity index (χ3v) is 3.80. The summed E-state index contributed by atoms with van der Waals surface area (Å²) in [5.41, 5.74) is 6.56. The number of carbonyl (C=O) groups is 3. The minimum atomic E-state index is -1.18. The van der Waals surface area contributed by atoms with Gasteiger partial charge in [-0.25, -0.2) is 0 Å². The van der Waals surface area contributed by atoms with Gasteiger partial charge >= 0.3 is 5.97 Å². The van der Waals surface area contributed by atoms with Crippen molar-refractivity contribution in [3.05, 3.63) is 29.8 Å². The third kappa shape index (κ3) is 7.10. The van der Waals surface area contributed by atoms with Crippen molar-refractivity contribution in [2.24, 2.45) is 11.7 Å². The van der Waals surface area contributed by atoms with E-state index in [4.69, 9.17) is 10.8 Å². The molecule has 0 radical (unpaired) electrons. The van der Waals surface area contributed by atoms with Gasteiger partial charge in [-0.1, -0.05) is 26.0 Å². The molecule has 0 aliphatic carbocycles. The quantitative estimate of drug-likeness (QED) is 0.428. The van der Waals surface area contributed by atoms with Gasteiger partial charge in [0.25, 0.3) is 0 Å². The highest BCUT2D eigenvalue weighted by atomic mass is 16.4. The number of aliphatic carboxylic acids is 1. The van der Waals surface area contributed by atoms with Gasteiger partial charge < -0.3 is 26.6 Å². The standard InChI is InChI=1S/C18H27N3O5/c1-10(2)8-14(19)16(23)21-15(17(24)20-11(3)18(25)26)9-12-4-6-13(22)7-5-12/h4-7,10-11,14-15,22H,8-9,19H2,1-3H3,(H,20,24)(H,21,23)(H,25,26). The lowest BCUT2D eigenvalue weighted by Crippen LogP contribution is -2.54. The molecule has 2 amide bonds. The van der Waals surface area contributed by atoms with Crippen LogP contribution in [0.25, 0.3) is 0 Å². The molecule has 0 saturated carbocycles. The number of hydrogen-bond acceptors (Lipinski definition) is 5. The van der Waals surface area contributed by atoms with E-state index in [1.165, 1.54) is 19.1 Å². The van der Waals surface area contributed by atoms with Gasteiger partial charge in [-0.15, -0.1) is 0 Å². The Morgan fingerprint density at radius 2 is 1.62 bits per heavy atom. The van der Waals surface area contributed by atoms with Crippen molar-refractivity contribution in [2.45, 2.75) is 51.7 Å². The van der Waals surface area contributed by atoms with Crippen LogP contribution in [0.4, 0.5) is 0 Å². The number of amides is 2. The second-order valence-electron chi connectivity index (χ2n) is 6.74. The number of nitrogens with two attached hydrogens (primary N) is 1. The summed E-state index contributed by atoms with van der Waals surface area (Å²) in [4.78, 5) is 35.7. The van der Waals surface area contributed by atoms with E-state index in [0.29, 0.717) is 12.0 Å². The number of carbonyl (C=O) groups excluding carboxylic acids is 2. The van der Waals surface area contributed by atoms with Crippen molar-refractivity contribution in [3.8, 4) is 5.75 Å². The molecule has 0 fully saturated rings. The molecule has 3 atom stereocenters. The van der Waals surface area contributed by atoms with Crippen LogP contribution in [-0.2, 0) is 20.8 Å². The number of carboxylic acid groups (broad SMARTS) is 1. The van der Waals surface area contributed by atoms with E-state index in [1.807, 2.05) is 13.8 Å². The highest BCUT2D eigenvalue weighted by molar-refractivity contribution is 5.91. The van der Waals surface area contributed by atoms with E-state index in [1.54, 1.807) is 12.1 Å². The largest absolute Gasteiger partial charge is 0.508 e. The molecule has 0 saturated heterocycles. The van der Waals surface area contributed by atoms with Gasteiger partial charge in [0.15, 0.2) is 0 Å². The molecule has 0 spiro atoms. The van der Waals surface area contributed by atoms with Crippen LogP contribution in [0.15, 0.2) is 24.3 Å². The van der Waals surface area contributed by atoms with E-state index in [0.717, 1.165) is 0 Å². The Hall–Kier alpha value is -2.61. The molecular weight excluding hydrogens is 338 g/mol. The smallest absolute Gasteiger partial charge is 0.325 e. The maximum atomic E-state index is 12.4. The summed E-state index contributed by atoms with van der Waals surface area (Å²) in [6, 6.07) is 3.35. The molecule has 0 aromatic heterocycles. The highest BCUT2D eigenvalue weighted by Gasteiger charge is 2.26. The monoisotopic (exact) mass is 365 g/mol. The average Bonchev–Trinajstić information content (AvgIpc) is 2.55. The van der Waals surface area contributed by atoms with Crippen LogP contribution in [0.2, 0.25) is 0 Å². The minimum absolute atomic E-state index is 0.0808. The number of nitrogens with one attached hydrogen (secondary N) is 2. The summed E-state index contributed by atoms with van der Waals surface area (Å²) in [6.45, 7) is 5.20. The third-order valence-electron chi connectivity index (χ3n) is 3.80. The molecule has 1 aromatic rings. The van der Waals surface area contributed by atoms with Crippen molar-refractivity contribution in [3.63, 3.8) is 0 Å². The van der Waals surface area contributed by atoms with Crippen LogP contribution in [0.1, 0.15) is 32.8 Å². The molecule has 8 heteroatoms. The Balaban J connectivity index is 2.89. The molecule has 6 N–H and O–H groups in total. The lowest BCUT2D eigenvalue weighted by Gasteiger charge is -2.22. The Bertz CT molecular complexity index is 630. The fourth-order valence-electron chi connectivity index (χ4n) is 2.35. The number of phenols is 1. The van der Waals surface area contributed by atoms with Crippen molar-refractivity contribution in [2.75, 3.05) is 0 Å². The Kier molecular flexibility index (Phi) is 8.05. The van der Waals surface area contributed by atoms with Crippen LogP contribution in [0, 0.1) is 5.92 Å². The van der Waals surface area contributed by atoms with Crippen LogP contribution < -0.4 is 16.4 Å². The second kappa shape index (κ2) is 9.76. The number of hydrogen-bond donors (Lipinski definition) is 5. The van der Waals surface area contributed by atoms with Gasteiger partial charge in [-0.2, -0.15) is 0 Å². The molecule has 0 aliphatic heterocycles. The summed E-state index contributed by atoms with van der Waals surface area (Å²) >= 11 is 0. The number of rotatable bonds is 9. The second-order valence-corrected chi connectivity index (χ2v) is 6.74. The van der Waals surface area contributed by atoms with Crippen LogP contribution >= 0.6 is 0 Å². The van der Waals surface area contributed by atoms with Gasteiger partial charge in [0.1, 0.15) is 17.8 Å². The first-order chi connectivity index (χ1) is 12.1. The van der Waals surface area contributed by atoms with Gasteiger partial charge in [0.2, 0.25) is 11.8 Å². The first-order valence-electron chi connectivity index (χ1n) is 8.47. The number of benzene rings is 1. The molecule has 8 nitrogen and oxygen atoms in total.